The number of aromatic nitrogens is 4. The maximum atomic E-state index is 5.44. The Morgan fingerprint density at radius 2 is 1.81 bits per heavy atom. The molecular weight excluding hydrogens is 388 g/mol. The van der Waals surface area contributed by atoms with Crippen molar-refractivity contribution in [1.29, 1.82) is 0 Å². The molecule has 7 heteroatoms. The Balaban J connectivity index is 1.30. The number of nitrogens with zero attached hydrogens (tertiary/aromatic N) is 4. The molecular formula is C24H22N6O. The van der Waals surface area contributed by atoms with Gasteiger partial charge in [-0.2, -0.15) is 5.10 Å². The molecule has 0 aliphatic carbocycles. The van der Waals surface area contributed by atoms with Crippen LogP contribution in [0.5, 0.6) is 0 Å². The van der Waals surface area contributed by atoms with Crippen molar-refractivity contribution in [1.82, 2.24) is 19.6 Å². The molecule has 1 saturated heterocycles. The lowest BCUT2D eigenvalue weighted by molar-refractivity contribution is 0.122. The number of anilines is 3. The molecule has 3 aromatic heterocycles. The van der Waals surface area contributed by atoms with Crippen LogP contribution in [0.3, 0.4) is 0 Å². The maximum absolute atomic E-state index is 5.44. The third-order valence-electron chi connectivity index (χ3n) is 5.80. The molecule has 0 bridgehead atoms. The number of ether oxygens (including phenoxy) is 1. The van der Waals surface area contributed by atoms with E-state index >= 15 is 0 Å². The molecule has 4 heterocycles. The molecule has 0 radical (unpaired) electrons. The number of rotatable bonds is 4. The Labute approximate surface area is 179 Å². The first-order chi connectivity index (χ1) is 15.3. The van der Waals surface area contributed by atoms with E-state index in [4.69, 9.17) is 4.74 Å². The lowest BCUT2D eigenvalue weighted by Gasteiger charge is -2.28. The van der Waals surface area contributed by atoms with Gasteiger partial charge in [-0.15, -0.1) is 0 Å². The highest BCUT2D eigenvalue weighted by molar-refractivity contribution is 5.85. The Morgan fingerprint density at radius 1 is 0.935 bits per heavy atom. The normalized spacial score (nSPS) is 14.4. The number of pyridine rings is 1. The second-order valence-corrected chi connectivity index (χ2v) is 7.68. The minimum absolute atomic E-state index is 0.786. The van der Waals surface area contributed by atoms with Gasteiger partial charge in [0.25, 0.3) is 0 Å². The highest BCUT2D eigenvalue weighted by Crippen LogP contribution is 2.29. The standard InChI is InChI=1S/C24H22N6O/c1-2-18(15-22-17(1)9-10-25-22)23-8-7-21(24-26-16-27-30(23)24)28-19-3-5-20(6-4-19)29-11-13-31-14-12-29/h1-10,15-16,25,28H,11-14H2. The average Bonchev–Trinajstić information content (AvgIpc) is 3.50. The third-order valence-corrected chi connectivity index (χ3v) is 5.80. The van der Waals surface area contributed by atoms with Crippen LogP contribution in [0, 0.1) is 0 Å². The zero-order chi connectivity index (χ0) is 20.6. The van der Waals surface area contributed by atoms with Gasteiger partial charge in [0.2, 0.25) is 0 Å². The van der Waals surface area contributed by atoms with Crippen molar-refractivity contribution in [3.63, 3.8) is 0 Å². The quantitative estimate of drug-likeness (QED) is 0.458. The largest absolute Gasteiger partial charge is 0.378 e. The number of fused-ring (bicyclic) bond motifs is 2. The van der Waals surface area contributed by atoms with Gasteiger partial charge in [-0.1, -0.05) is 12.1 Å². The molecule has 2 aromatic carbocycles. The molecule has 7 nitrogen and oxygen atoms in total. The van der Waals surface area contributed by atoms with Crippen LogP contribution < -0.4 is 10.2 Å². The van der Waals surface area contributed by atoms with E-state index in [2.05, 4.69) is 85.9 Å². The van der Waals surface area contributed by atoms with Crippen LogP contribution in [0.15, 0.2) is 73.2 Å². The average molecular weight is 410 g/mol. The summed E-state index contributed by atoms with van der Waals surface area (Å²) in [6.45, 7) is 3.44. The minimum atomic E-state index is 0.786. The van der Waals surface area contributed by atoms with E-state index in [0.29, 0.717) is 0 Å². The van der Waals surface area contributed by atoms with Gasteiger partial charge in [0.15, 0.2) is 5.65 Å². The van der Waals surface area contributed by atoms with E-state index in [1.807, 2.05) is 10.7 Å². The zero-order valence-electron chi connectivity index (χ0n) is 17.0. The molecule has 1 aliphatic heterocycles. The van der Waals surface area contributed by atoms with Crippen molar-refractivity contribution in [2.45, 2.75) is 0 Å². The van der Waals surface area contributed by atoms with Crippen LogP contribution in [0.25, 0.3) is 27.8 Å². The third kappa shape index (κ3) is 3.29. The SMILES string of the molecule is c1nc2c(Nc3ccc(N4CCOCC4)cc3)ccc(-c3ccc4cc[nH]c4c3)n2n1. The zero-order valence-corrected chi connectivity index (χ0v) is 17.0. The predicted octanol–water partition coefficient (Wildman–Crippen LogP) is 4.46. The van der Waals surface area contributed by atoms with E-state index in [1.165, 1.54) is 11.1 Å². The second kappa shape index (κ2) is 7.45. The first kappa shape index (κ1) is 18.0. The van der Waals surface area contributed by atoms with Gasteiger partial charge in [0.1, 0.15) is 6.33 Å². The summed E-state index contributed by atoms with van der Waals surface area (Å²) in [5, 5.41) is 9.16. The summed E-state index contributed by atoms with van der Waals surface area (Å²) in [4.78, 5) is 10.1. The molecule has 5 aromatic rings. The van der Waals surface area contributed by atoms with Crippen LogP contribution in [0.1, 0.15) is 0 Å². The Morgan fingerprint density at radius 3 is 2.68 bits per heavy atom. The topological polar surface area (TPSA) is 70.5 Å². The summed E-state index contributed by atoms with van der Waals surface area (Å²) in [5.74, 6) is 0. The van der Waals surface area contributed by atoms with E-state index in [1.54, 1.807) is 6.33 Å². The summed E-state index contributed by atoms with van der Waals surface area (Å²) in [6.07, 6.45) is 3.55. The fourth-order valence-electron chi connectivity index (χ4n) is 4.16. The number of benzene rings is 2. The molecule has 6 rings (SSSR count). The van der Waals surface area contributed by atoms with Crippen LogP contribution in [0.4, 0.5) is 17.1 Å². The van der Waals surface area contributed by atoms with Crippen LogP contribution in [0.2, 0.25) is 0 Å². The van der Waals surface area contributed by atoms with Gasteiger partial charge in [-0.3, -0.25) is 0 Å². The van der Waals surface area contributed by atoms with Gasteiger partial charge in [-0.05, 0) is 53.9 Å². The molecule has 154 valence electrons. The molecule has 1 fully saturated rings. The van der Waals surface area contributed by atoms with Crippen molar-refractivity contribution in [3.8, 4) is 11.3 Å². The van der Waals surface area contributed by atoms with Gasteiger partial charge in [-0.25, -0.2) is 9.50 Å². The first-order valence-electron chi connectivity index (χ1n) is 10.5. The fourth-order valence-corrected chi connectivity index (χ4v) is 4.16. The molecule has 0 spiro atoms. The smallest absolute Gasteiger partial charge is 0.179 e. The molecule has 31 heavy (non-hydrogen) atoms. The second-order valence-electron chi connectivity index (χ2n) is 7.68. The van der Waals surface area contributed by atoms with Crippen molar-refractivity contribution in [2.24, 2.45) is 0 Å². The van der Waals surface area contributed by atoms with E-state index in [9.17, 15) is 0 Å². The fraction of sp³-hybridized carbons (Fsp3) is 0.167. The number of H-pyrrole nitrogens is 1. The number of hydrogen-bond donors (Lipinski definition) is 2. The van der Waals surface area contributed by atoms with E-state index < -0.39 is 0 Å². The summed E-state index contributed by atoms with van der Waals surface area (Å²) >= 11 is 0. The molecule has 0 unspecified atom stereocenters. The summed E-state index contributed by atoms with van der Waals surface area (Å²) < 4.78 is 7.33. The van der Waals surface area contributed by atoms with Gasteiger partial charge < -0.3 is 19.9 Å². The van der Waals surface area contributed by atoms with Crippen molar-refractivity contribution < 1.29 is 4.74 Å². The minimum Gasteiger partial charge on any atom is -0.378 e. The summed E-state index contributed by atoms with van der Waals surface area (Å²) in [5.41, 5.74) is 7.14. The Kier molecular flexibility index (Phi) is 4.32. The van der Waals surface area contributed by atoms with Crippen LogP contribution >= 0.6 is 0 Å². The summed E-state index contributed by atoms with van der Waals surface area (Å²) in [6, 6.07) is 21.1. The molecule has 0 atom stereocenters. The molecule has 1 aliphatic rings. The van der Waals surface area contributed by atoms with Crippen molar-refractivity contribution in [2.75, 3.05) is 36.5 Å². The number of nitrogens with one attached hydrogen (secondary N) is 2. The maximum Gasteiger partial charge on any atom is 0.179 e. The Bertz CT molecular complexity index is 1350. The Hall–Kier alpha value is -3.84. The van der Waals surface area contributed by atoms with Crippen molar-refractivity contribution >= 4 is 33.6 Å². The highest BCUT2D eigenvalue weighted by atomic mass is 16.5. The molecule has 0 amide bonds. The molecule has 2 N–H and O–H groups in total. The van der Waals surface area contributed by atoms with Crippen molar-refractivity contribution in [3.05, 3.63) is 73.2 Å². The van der Waals surface area contributed by atoms with E-state index in [-0.39, 0.29) is 0 Å². The lowest BCUT2D eigenvalue weighted by Crippen LogP contribution is -2.36. The van der Waals surface area contributed by atoms with Crippen LogP contribution in [-0.2, 0) is 4.74 Å². The van der Waals surface area contributed by atoms with Crippen LogP contribution in [-0.4, -0.2) is 45.9 Å². The molecule has 0 saturated carbocycles. The summed E-state index contributed by atoms with van der Waals surface area (Å²) in [7, 11) is 0. The lowest BCUT2D eigenvalue weighted by atomic mass is 10.1. The van der Waals surface area contributed by atoms with E-state index in [0.717, 1.165) is 60.1 Å². The first-order valence-corrected chi connectivity index (χ1v) is 10.5. The van der Waals surface area contributed by atoms with Gasteiger partial charge in [0.05, 0.1) is 24.6 Å². The number of aromatic amines is 1. The van der Waals surface area contributed by atoms with Gasteiger partial charge in [0, 0.05) is 41.7 Å². The highest BCUT2D eigenvalue weighted by Gasteiger charge is 2.13. The predicted molar refractivity (Wildman–Crippen MR) is 123 cm³/mol. The monoisotopic (exact) mass is 410 g/mol. The van der Waals surface area contributed by atoms with Gasteiger partial charge >= 0.3 is 0 Å². The number of hydrogen-bond acceptors (Lipinski definition) is 5. The number of morpholine rings is 1.